The fraction of sp³-hybridized carbons (Fsp3) is 0.538. The molecule has 1 aliphatic rings. The molecule has 0 radical (unpaired) electrons. The molecule has 0 amide bonds. The van der Waals surface area contributed by atoms with E-state index in [4.69, 9.17) is 4.74 Å². The van der Waals surface area contributed by atoms with Gasteiger partial charge < -0.3 is 10.1 Å². The molecule has 6 heteroatoms. The molecule has 19 heavy (non-hydrogen) atoms. The van der Waals surface area contributed by atoms with E-state index in [0.29, 0.717) is 18.0 Å². The lowest BCUT2D eigenvalue weighted by atomic mass is 10.0. The van der Waals surface area contributed by atoms with Crippen molar-refractivity contribution in [3.63, 3.8) is 0 Å². The SMILES string of the molecule is COCCN(C)S(=O)(=O)c1ccc2c(c1)NCCC2. The van der Waals surface area contributed by atoms with E-state index in [0.717, 1.165) is 25.1 Å². The summed E-state index contributed by atoms with van der Waals surface area (Å²) in [5.41, 5.74) is 2.12. The quantitative estimate of drug-likeness (QED) is 0.886. The molecule has 1 heterocycles. The summed E-state index contributed by atoms with van der Waals surface area (Å²) in [6.45, 7) is 1.64. The number of aryl methyl sites for hydroxylation is 1. The van der Waals surface area contributed by atoms with Gasteiger partial charge in [-0.25, -0.2) is 8.42 Å². The first kappa shape index (κ1) is 14.3. The summed E-state index contributed by atoms with van der Waals surface area (Å²) >= 11 is 0. The molecule has 0 atom stereocenters. The number of likely N-dealkylation sites (N-methyl/N-ethyl adjacent to an activating group) is 1. The lowest BCUT2D eigenvalue weighted by molar-refractivity contribution is 0.185. The second-order valence-corrected chi connectivity index (χ2v) is 6.71. The zero-order valence-electron chi connectivity index (χ0n) is 11.3. The molecule has 0 unspecified atom stereocenters. The summed E-state index contributed by atoms with van der Waals surface area (Å²) in [7, 11) is -0.302. The Kier molecular flexibility index (Phi) is 4.44. The Morgan fingerprint density at radius 1 is 1.42 bits per heavy atom. The minimum atomic E-state index is -3.43. The molecule has 0 spiro atoms. The van der Waals surface area contributed by atoms with Crippen molar-refractivity contribution in [2.45, 2.75) is 17.7 Å². The third-order valence-corrected chi connectivity index (χ3v) is 5.19. The second-order valence-electron chi connectivity index (χ2n) is 4.67. The van der Waals surface area contributed by atoms with Gasteiger partial charge in [0.05, 0.1) is 11.5 Å². The van der Waals surface area contributed by atoms with Crippen molar-refractivity contribution in [2.24, 2.45) is 0 Å². The van der Waals surface area contributed by atoms with Gasteiger partial charge in [0.2, 0.25) is 10.0 Å². The van der Waals surface area contributed by atoms with Crippen molar-refractivity contribution in [2.75, 3.05) is 39.2 Å². The molecular weight excluding hydrogens is 264 g/mol. The Hall–Kier alpha value is -1.11. The normalized spacial score (nSPS) is 15.1. The predicted octanol–water partition coefficient (Wildman–Crippen LogP) is 1.31. The Morgan fingerprint density at radius 3 is 2.95 bits per heavy atom. The summed E-state index contributed by atoms with van der Waals surface area (Å²) in [5, 5.41) is 3.25. The zero-order chi connectivity index (χ0) is 13.9. The summed E-state index contributed by atoms with van der Waals surface area (Å²) in [6, 6.07) is 5.32. The van der Waals surface area contributed by atoms with E-state index >= 15 is 0 Å². The Bertz CT molecular complexity index is 543. The predicted molar refractivity (Wildman–Crippen MR) is 74.9 cm³/mol. The molecule has 0 aromatic heterocycles. The molecule has 0 saturated heterocycles. The molecule has 5 nitrogen and oxygen atoms in total. The van der Waals surface area contributed by atoms with Gasteiger partial charge in [0.15, 0.2) is 0 Å². The highest BCUT2D eigenvalue weighted by Gasteiger charge is 2.22. The van der Waals surface area contributed by atoms with Crippen LogP contribution in [0.2, 0.25) is 0 Å². The monoisotopic (exact) mass is 284 g/mol. The van der Waals surface area contributed by atoms with E-state index in [-0.39, 0.29) is 0 Å². The topological polar surface area (TPSA) is 58.6 Å². The molecule has 2 rings (SSSR count). The number of hydrogen-bond donors (Lipinski definition) is 1. The van der Waals surface area contributed by atoms with Gasteiger partial charge in [0, 0.05) is 32.9 Å². The van der Waals surface area contributed by atoms with Crippen LogP contribution < -0.4 is 5.32 Å². The molecule has 0 aliphatic carbocycles. The average molecular weight is 284 g/mol. The van der Waals surface area contributed by atoms with Crippen molar-refractivity contribution in [3.05, 3.63) is 23.8 Å². The van der Waals surface area contributed by atoms with E-state index in [1.165, 1.54) is 9.87 Å². The van der Waals surface area contributed by atoms with Crippen LogP contribution in [-0.2, 0) is 21.2 Å². The van der Waals surface area contributed by atoms with Gasteiger partial charge in [-0.05, 0) is 30.5 Å². The summed E-state index contributed by atoms with van der Waals surface area (Å²) in [5.74, 6) is 0. The Morgan fingerprint density at radius 2 is 2.21 bits per heavy atom. The second kappa shape index (κ2) is 5.90. The highest BCUT2D eigenvalue weighted by molar-refractivity contribution is 7.89. The van der Waals surface area contributed by atoms with Crippen molar-refractivity contribution in [1.29, 1.82) is 0 Å². The highest BCUT2D eigenvalue weighted by atomic mass is 32.2. The maximum absolute atomic E-state index is 12.4. The number of sulfonamides is 1. The van der Waals surface area contributed by atoms with Crippen LogP contribution in [0, 0.1) is 0 Å². The van der Waals surface area contributed by atoms with Gasteiger partial charge in [-0.2, -0.15) is 4.31 Å². The molecule has 0 fully saturated rings. The van der Waals surface area contributed by atoms with Gasteiger partial charge in [-0.15, -0.1) is 0 Å². The minimum absolute atomic E-state index is 0.333. The van der Waals surface area contributed by atoms with E-state index in [9.17, 15) is 8.42 Å². The fourth-order valence-electron chi connectivity index (χ4n) is 2.12. The van der Waals surface area contributed by atoms with Crippen LogP contribution in [0.25, 0.3) is 0 Å². The molecule has 0 saturated carbocycles. The Balaban J connectivity index is 2.25. The van der Waals surface area contributed by atoms with Gasteiger partial charge in [0.25, 0.3) is 0 Å². The van der Waals surface area contributed by atoms with Crippen molar-refractivity contribution >= 4 is 15.7 Å². The fourth-order valence-corrected chi connectivity index (χ4v) is 3.30. The number of ether oxygens (including phenoxy) is 1. The van der Waals surface area contributed by atoms with Gasteiger partial charge in [-0.1, -0.05) is 6.07 Å². The van der Waals surface area contributed by atoms with Crippen LogP contribution in [0.3, 0.4) is 0 Å². The third kappa shape index (κ3) is 3.08. The smallest absolute Gasteiger partial charge is 0.242 e. The number of methoxy groups -OCH3 is 1. The lowest BCUT2D eigenvalue weighted by Crippen LogP contribution is -2.30. The van der Waals surface area contributed by atoms with E-state index in [1.807, 2.05) is 6.07 Å². The molecule has 1 aliphatic heterocycles. The molecule has 1 N–H and O–H groups in total. The lowest BCUT2D eigenvalue weighted by Gasteiger charge is -2.21. The van der Waals surface area contributed by atoms with Crippen LogP contribution in [0.5, 0.6) is 0 Å². The summed E-state index contributed by atoms with van der Waals surface area (Å²) in [4.78, 5) is 0.333. The maximum Gasteiger partial charge on any atom is 0.242 e. The number of nitrogens with zero attached hydrogens (tertiary/aromatic N) is 1. The van der Waals surface area contributed by atoms with E-state index < -0.39 is 10.0 Å². The first-order valence-electron chi connectivity index (χ1n) is 6.38. The molecule has 0 bridgehead atoms. The van der Waals surface area contributed by atoms with E-state index in [2.05, 4.69) is 5.32 Å². The van der Waals surface area contributed by atoms with Gasteiger partial charge in [0.1, 0.15) is 0 Å². The Labute approximate surface area is 114 Å². The van der Waals surface area contributed by atoms with Crippen molar-refractivity contribution in [3.8, 4) is 0 Å². The molecular formula is C13H20N2O3S. The van der Waals surface area contributed by atoms with E-state index in [1.54, 1.807) is 26.3 Å². The summed E-state index contributed by atoms with van der Waals surface area (Å²) in [6.07, 6.45) is 2.09. The number of nitrogens with one attached hydrogen (secondary N) is 1. The molecule has 106 valence electrons. The van der Waals surface area contributed by atoms with Crippen LogP contribution in [-0.4, -0.2) is 46.6 Å². The number of rotatable bonds is 5. The summed E-state index contributed by atoms with van der Waals surface area (Å²) < 4.78 is 31.0. The van der Waals surface area contributed by atoms with Crippen molar-refractivity contribution in [1.82, 2.24) is 4.31 Å². The highest BCUT2D eigenvalue weighted by Crippen LogP contribution is 2.26. The number of benzene rings is 1. The van der Waals surface area contributed by atoms with Crippen LogP contribution in [0.4, 0.5) is 5.69 Å². The standard InChI is InChI=1S/C13H20N2O3S/c1-15(8-9-18-2)19(16,17)12-6-5-11-4-3-7-14-13(11)10-12/h5-6,10,14H,3-4,7-9H2,1-2H3. The number of fused-ring (bicyclic) bond motifs is 1. The first-order valence-corrected chi connectivity index (χ1v) is 7.82. The molecule has 1 aromatic carbocycles. The number of hydrogen-bond acceptors (Lipinski definition) is 4. The maximum atomic E-state index is 12.4. The first-order chi connectivity index (χ1) is 9.05. The minimum Gasteiger partial charge on any atom is -0.385 e. The van der Waals surface area contributed by atoms with Gasteiger partial charge >= 0.3 is 0 Å². The van der Waals surface area contributed by atoms with Crippen LogP contribution >= 0.6 is 0 Å². The average Bonchev–Trinajstić information content (AvgIpc) is 2.44. The number of anilines is 1. The van der Waals surface area contributed by atoms with Gasteiger partial charge in [-0.3, -0.25) is 0 Å². The largest absolute Gasteiger partial charge is 0.385 e. The van der Waals surface area contributed by atoms with Crippen molar-refractivity contribution < 1.29 is 13.2 Å². The van der Waals surface area contributed by atoms with Crippen LogP contribution in [0.1, 0.15) is 12.0 Å². The third-order valence-electron chi connectivity index (χ3n) is 3.34. The van der Waals surface area contributed by atoms with Crippen LogP contribution in [0.15, 0.2) is 23.1 Å². The molecule has 1 aromatic rings. The zero-order valence-corrected chi connectivity index (χ0v) is 12.2.